The summed E-state index contributed by atoms with van der Waals surface area (Å²) in [6.07, 6.45) is 0.995. The van der Waals surface area contributed by atoms with E-state index in [1.54, 1.807) is 0 Å². The molecule has 0 fully saturated rings. The molecule has 0 aliphatic carbocycles. The molecule has 2 rings (SSSR count). The third-order valence-electron chi connectivity index (χ3n) is 2.85. The van der Waals surface area contributed by atoms with Crippen molar-refractivity contribution < 1.29 is 27.1 Å². The van der Waals surface area contributed by atoms with Crippen LogP contribution in [0.4, 0.5) is 8.78 Å². The van der Waals surface area contributed by atoms with Gasteiger partial charge in [-0.15, -0.1) is 0 Å². The van der Waals surface area contributed by atoms with Gasteiger partial charge in [0.2, 0.25) is 0 Å². The van der Waals surface area contributed by atoms with E-state index < -0.39 is 38.1 Å². The Bertz CT molecular complexity index is 815. The third kappa shape index (κ3) is 2.92. The van der Waals surface area contributed by atoms with E-state index in [1.807, 2.05) is 0 Å². The largest absolute Gasteiger partial charge is 0.478 e. The summed E-state index contributed by atoms with van der Waals surface area (Å²) in [6, 6.07) is 2.05. The highest BCUT2D eigenvalue weighted by Crippen LogP contribution is 2.22. The van der Waals surface area contributed by atoms with Crippen molar-refractivity contribution in [3.63, 3.8) is 0 Å². The van der Waals surface area contributed by atoms with Crippen molar-refractivity contribution in [2.45, 2.75) is 10.6 Å². The fraction of sp³-hybridized carbons (Fsp3) is 0.167. The summed E-state index contributed by atoms with van der Waals surface area (Å²) < 4.78 is 52.1. The van der Waals surface area contributed by atoms with Crippen LogP contribution in [-0.4, -0.2) is 29.3 Å². The lowest BCUT2D eigenvalue weighted by atomic mass is 10.3. The molecule has 0 radical (unpaired) electrons. The van der Waals surface area contributed by atoms with Gasteiger partial charge in [0, 0.05) is 7.05 Å². The van der Waals surface area contributed by atoms with Gasteiger partial charge in [0.15, 0.2) is 9.84 Å². The highest BCUT2D eigenvalue weighted by molar-refractivity contribution is 7.90. The Morgan fingerprint density at radius 2 is 2.05 bits per heavy atom. The number of nitrogens with zero attached hydrogens (tertiary/aromatic N) is 2. The summed E-state index contributed by atoms with van der Waals surface area (Å²) in [7, 11) is -2.89. The molecule has 6 nitrogen and oxygen atoms in total. The fourth-order valence-electron chi connectivity index (χ4n) is 1.79. The average Bonchev–Trinajstić information content (AvgIpc) is 2.73. The van der Waals surface area contributed by atoms with Gasteiger partial charge in [-0.3, -0.25) is 4.68 Å². The van der Waals surface area contributed by atoms with Gasteiger partial charge >= 0.3 is 5.97 Å². The van der Waals surface area contributed by atoms with Gasteiger partial charge in [0.1, 0.15) is 22.1 Å². The van der Waals surface area contributed by atoms with E-state index in [0.717, 1.165) is 16.9 Å². The van der Waals surface area contributed by atoms with E-state index >= 15 is 0 Å². The number of hydrogen-bond donors (Lipinski definition) is 1. The molecule has 21 heavy (non-hydrogen) atoms. The van der Waals surface area contributed by atoms with Crippen LogP contribution in [0, 0.1) is 11.6 Å². The molecular weight excluding hydrogens is 306 g/mol. The van der Waals surface area contributed by atoms with E-state index in [2.05, 4.69) is 5.10 Å². The second-order valence-corrected chi connectivity index (χ2v) is 6.23. The minimum Gasteiger partial charge on any atom is -0.478 e. The Labute approximate surface area is 118 Å². The Hall–Kier alpha value is -2.29. The van der Waals surface area contributed by atoms with E-state index in [9.17, 15) is 22.0 Å². The molecule has 0 spiro atoms. The number of benzene rings is 1. The smallest absolute Gasteiger partial charge is 0.339 e. The average molecular weight is 316 g/mol. The first-order chi connectivity index (χ1) is 9.72. The van der Waals surface area contributed by atoms with Crippen LogP contribution in [0.1, 0.15) is 16.1 Å². The predicted octanol–water partition coefficient (Wildman–Crippen LogP) is 1.37. The molecule has 0 saturated carbocycles. The molecule has 112 valence electrons. The lowest BCUT2D eigenvalue weighted by Crippen LogP contribution is -2.13. The van der Waals surface area contributed by atoms with Crippen LogP contribution in [0.5, 0.6) is 0 Å². The molecule has 1 aromatic heterocycles. The van der Waals surface area contributed by atoms with Gasteiger partial charge in [-0.2, -0.15) is 5.10 Å². The van der Waals surface area contributed by atoms with E-state index in [4.69, 9.17) is 5.11 Å². The van der Waals surface area contributed by atoms with Crippen molar-refractivity contribution in [1.82, 2.24) is 9.78 Å². The fourth-order valence-corrected chi connectivity index (χ4v) is 3.30. The number of halogens is 2. The molecule has 0 aliphatic rings. The van der Waals surface area contributed by atoms with Crippen molar-refractivity contribution in [3.05, 3.63) is 47.3 Å². The molecule has 0 aliphatic heterocycles. The molecule has 1 heterocycles. The highest BCUT2D eigenvalue weighted by Gasteiger charge is 2.26. The van der Waals surface area contributed by atoms with Gasteiger partial charge in [-0.25, -0.2) is 22.0 Å². The number of aryl methyl sites for hydroxylation is 1. The number of carboxylic acid groups (broad SMARTS) is 1. The maximum Gasteiger partial charge on any atom is 0.339 e. The Morgan fingerprint density at radius 1 is 1.38 bits per heavy atom. The maximum atomic E-state index is 13.6. The van der Waals surface area contributed by atoms with Crippen LogP contribution < -0.4 is 0 Å². The van der Waals surface area contributed by atoms with E-state index in [1.165, 1.54) is 7.05 Å². The van der Waals surface area contributed by atoms with Crippen LogP contribution >= 0.6 is 0 Å². The Balaban J connectivity index is 2.50. The SMILES string of the molecule is Cn1ncc(C(=O)O)c1CS(=O)(=O)c1cc(F)ccc1F. The quantitative estimate of drug-likeness (QED) is 0.920. The van der Waals surface area contributed by atoms with Crippen molar-refractivity contribution in [1.29, 1.82) is 0 Å². The van der Waals surface area contributed by atoms with Gasteiger partial charge in [0.25, 0.3) is 0 Å². The molecule has 0 saturated heterocycles. The Morgan fingerprint density at radius 3 is 2.67 bits per heavy atom. The molecule has 1 N–H and O–H groups in total. The molecule has 9 heteroatoms. The van der Waals surface area contributed by atoms with Gasteiger partial charge in [-0.1, -0.05) is 0 Å². The van der Waals surface area contributed by atoms with Gasteiger partial charge in [-0.05, 0) is 18.2 Å². The maximum absolute atomic E-state index is 13.6. The Kier molecular flexibility index (Phi) is 3.77. The second kappa shape index (κ2) is 5.24. The van der Waals surface area contributed by atoms with Crippen molar-refractivity contribution >= 4 is 15.8 Å². The van der Waals surface area contributed by atoms with Gasteiger partial charge < -0.3 is 5.11 Å². The number of carboxylic acids is 1. The van der Waals surface area contributed by atoms with Gasteiger partial charge in [0.05, 0.1) is 17.6 Å². The number of sulfone groups is 1. The number of carbonyl (C=O) groups is 1. The van der Waals surface area contributed by atoms with Crippen LogP contribution in [-0.2, 0) is 22.6 Å². The zero-order valence-corrected chi connectivity index (χ0v) is 11.6. The number of aromatic carboxylic acids is 1. The zero-order valence-electron chi connectivity index (χ0n) is 10.7. The predicted molar refractivity (Wildman–Crippen MR) is 67.4 cm³/mol. The lowest BCUT2D eigenvalue weighted by molar-refractivity contribution is 0.0696. The van der Waals surface area contributed by atoms with Crippen molar-refractivity contribution in [2.75, 3.05) is 0 Å². The minimum atomic E-state index is -4.25. The first kappa shape index (κ1) is 15.1. The summed E-state index contributed by atoms with van der Waals surface area (Å²) in [5, 5.41) is 12.6. The second-order valence-electron chi connectivity index (χ2n) is 4.27. The molecule has 0 bridgehead atoms. The molecule has 0 atom stereocenters. The summed E-state index contributed by atoms with van der Waals surface area (Å²) in [4.78, 5) is 10.2. The summed E-state index contributed by atoms with van der Waals surface area (Å²) in [5.74, 6) is -4.16. The number of hydrogen-bond acceptors (Lipinski definition) is 4. The molecular formula is C12H10F2N2O4S. The van der Waals surface area contributed by atoms with Crippen molar-refractivity contribution in [2.24, 2.45) is 7.05 Å². The summed E-state index contributed by atoms with van der Waals surface area (Å²) in [5.41, 5.74) is -0.427. The summed E-state index contributed by atoms with van der Waals surface area (Å²) >= 11 is 0. The molecule has 0 amide bonds. The van der Waals surface area contributed by atoms with E-state index in [0.29, 0.717) is 12.1 Å². The first-order valence-corrected chi connectivity index (χ1v) is 7.29. The lowest BCUT2D eigenvalue weighted by Gasteiger charge is -2.07. The first-order valence-electron chi connectivity index (χ1n) is 5.64. The molecule has 0 unspecified atom stereocenters. The minimum absolute atomic E-state index is 0.119. The standard InChI is InChI=1S/C12H10F2N2O4S/c1-16-10(8(5-15-16)12(17)18)6-21(19,20)11-4-7(13)2-3-9(11)14/h2-5H,6H2,1H3,(H,17,18). The normalized spacial score (nSPS) is 11.6. The number of rotatable bonds is 4. The number of aromatic nitrogens is 2. The van der Waals surface area contributed by atoms with Crippen LogP contribution in [0.15, 0.2) is 29.3 Å². The van der Waals surface area contributed by atoms with Crippen LogP contribution in [0.3, 0.4) is 0 Å². The zero-order chi connectivity index (χ0) is 15.8. The molecule has 1 aromatic carbocycles. The van der Waals surface area contributed by atoms with E-state index in [-0.39, 0.29) is 11.3 Å². The van der Waals surface area contributed by atoms with Crippen molar-refractivity contribution in [3.8, 4) is 0 Å². The molecule has 2 aromatic rings. The van der Waals surface area contributed by atoms with Crippen LogP contribution in [0.2, 0.25) is 0 Å². The monoisotopic (exact) mass is 316 g/mol. The topological polar surface area (TPSA) is 89.3 Å². The van der Waals surface area contributed by atoms with Crippen LogP contribution in [0.25, 0.3) is 0 Å². The highest BCUT2D eigenvalue weighted by atomic mass is 32.2. The third-order valence-corrected chi connectivity index (χ3v) is 4.48. The summed E-state index contributed by atoms with van der Waals surface area (Å²) in [6.45, 7) is 0.